The fraction of sp³-hybridized carbons (Fsp3) is 0.500. The van der Waals surface area contributed by atoms with E-state index in [0.29, 0.717) is 18.7 Å². The lowest BCUT2D eigenvalue weighted by Crippen LogP contribution is -2.36. The molecule has 1 saturated heterocycles. The first-order valence-electron chi connectivity index (χ1n) is 6.50. The Bertz CT molecular complexity index is 538. The second-order valence-corrected chi connectivity index (χ2v) is 6.96. The van der Waals surface area contributed by atoms with Gasteiger partial charge in [0.1, 0.15) is 5.82 Å². The third-order valence-electron chi connectivity index (χ3n) is 3.46. The van der Waals surface area contributed by atoms with E-state index in [1.54, 1.807) is 11.8 Å². The van der Waals surface area contributed by atoms with Gasteiger partial charge in [0.25, 0.3) is 5.91 Å². The van der Waals surface area contributed by atoms with Crippen LogP contribution in [0.2, 0.25) is 0 Å². The Hall–Kier alpha value is -1.24. The molecule has 1 amide bonds. The minimum absolute atomic E-state index is 0.0808. The lowest BCUT2D eigenvalue weighted by Gasteiger charge is -2.23. The zero-order valence-corrected chi connectivity index (χ0v) is 12.2. The average molecular weight is 321 g/mol. The smallest absolute Gasteiger partial charge is 0.351 e. The topological polar surface area (TPSA) is 29.1 Å². The van der Waals surface area contributed by atoms with E-state index in [2.05, 4.69) is 5.32 Å². The minimum atomic E-state index is -4.81. The van der Waals surface area contributed by atoms with Gasteiger partial charge in [-0.2, -0.15) is 24.9 Å². The van der Waals surface area contributed by atoms with Crippen LogP contribution in [-0.4, -0.2) is 23.0 Å². The summed E-state index contributed by atoms with van der Waals surface area (Å²) >= 11 is 1.74. The third kappa shape index (κ3) is 3.90. The molecule has 1 aliphatic heterocycles. The van der Waals surface area contributed by atoms with Crippen LogP contribution in [0.3, 0.4) is 0 Å². The Morgan fingerprint density at radius 3 is 2.71 bits per heavy atom. The molecule has 0 aromatic heterocycles. The highest BCUT2D eigenvalue weighted by molar-refractivity contribution is 8.00. The van der Waals surface area contributed by atoms with E-state index < -0.39 is 23.5 Å². The van der Waals surface area contributed by atoms with E-state index in [1.807, 2.05) is 6.92 Å². The van der Waals surface area contributed by atoms with E-state index in [4.69, 9.17) is 0 Å². The normalized spacial score (nSPS) is 22.3. The van der Waals surface area contributed by atoms with Gasteiger partial charge in [-0.15, -0.1) is 0 Å². The van der Waals surface area contributed by atoms with E-state index in [9.17, 15) is 22.4 Å². The van der Waals surface area contributed by atoms with Crippen molar-refractivity contribution < 1.29 is 22.4 Å². The quantitative estimate of drug-likeness (QED) is 0.857. The number of thioether (sulfide) groups is 1. The zero-order chi connectivity index (χ0) is 15.7. The van der Waals surface area contributed by atoms with Crippen LogP contribution in [0.25, 0.3) is 0 Å². The van der Waals surface area contributed by atoms with Crippen molar-refractivity contribution in [3.05, 3.63) is 35.1 Å². The van der Waals surface area contributed by atoms with Crippen molar-refractivity contribution in [3.8, 4) is 0 Å². The Morgan fingerprint density at radius 1 is 1.43 bits per heavy atom. The maximum atomic E-state index is 13.2. The Kier molecular flexibility index (Phi) is 4.51. The molecule has 0 aliphatic carbocycles. The van der Waals surface area contributed by atoms with Crippen molar-refractivity contribution in [2.24, 2.45) is 0 Å². The molecule has 1 atom stereocenters. The highest BCUT2D eigenvalue weighted by Gasteiger charge is 2.35. The first-order chi connectivity index (χ1) is 9.71. The lowest BCUT2D eigenvalue weighted by molar-refractivity contribution is -0.140. The van der Waals surface area contributed by atoms with E-state index in [0.717, 1.165) is 24.7 Å². The van der Waals surface area contributed by atoms with Crippen LogP contribution in [0.1, 0.15) is 35.7 Å². The number of carbonyl (C=O) groups excluding carboxylic acids is 1. The molecule has 1 aromatic carbocycles. The Labute approximate surface area is 124 Å². The molecule has 2 rings (SSSR count). The number of benzene rings is 1. The van der Waals surface area contributed by atoms with Crippen LogP contribution in [0, 0.1) is 5.82 Å². The molecule has 0 saturated carbocycles. The summed E-state index contributed by atoms with van der Waals surface area (Å²) in [4.78, 5) is 11.9. The van der Waals surface area contributed by atoms with Gasteiger partial charge in [-0.1, -0.05) is 0 Å². The summed E-state index contributed by atoms with van der Waals surface area (Å²) < 4.78 is 50.9. The predicted molar refractivity (Wildman–Crippen MR) is 73.8 cm³/mol. The summed E-state index contributed by atoms with van der Waals surface area (Å²) in [5.74, 6) is -0.979. The van der Waals surface area contributed by atoms with Crippen LogP contribution in [-0.2, 0) is 6.18 Å². The molecule has 1 fully saturated rings. The summed E-state index contributed by atoms with van der Waals surface area (Å²) in [5.41, 5.74) is -1.60. The number of alkyl halides is 3. The van der Waals surface area contributed by atoms with E-state index in [1.165, 1.54) is 0 Å². The largest absolute Gasteiger partial charge is 0.419 e. The second-order valence-electron chi connectivity index (χ2n) is 5.28. The first-order valence-corrected chi connectivity index (χ1v) is 7.49. The highest BCUT2D eigenvalue weighted by atomic mass is 32.2. The van der Waals surface area contributed by atoms with Crippen LogP contribution in [0.4, 0.5) is 17.6 Å². The van der Waals surface area contributed by atoms with Crippen molar-refractivity contribution in [1.29, 1.82) is 0 Å². The summed E-state index contributed by atoms with van der Waals surface area (Å²) in [7, 11) is 0. The summed E-state index contributed by atoms with van der Waals surface area (Å²) in [6, 6.07) is 2.28. The molecule has 0 radical (unpaired) electrons. The molecule has 116 valence electrons. The van der Waals surface area contributed by atoms with Crippen molar-refractivity contribution in [2.75, 3.05) is 12.3 Å². The van der Waals surface area contributed by atoms with Gasteiger partial charge in [0.05, 0.1) is 5.56 Å². The number of amides is 1. The summed E-state index contributed by atoms with van der Waals surface area (Å²) in [5, 5.41) is 2.63. The zero-order valence-electron chi connectivity index (χ0n) is 11.4. The molecule has 0 bridgehead atoms. The van der Waals surface area contributed by atoms with Crippen molar-refractivity contribution in [3.63, 3.8) is 0 Å². The highest BCUT2D eigenvalue weighted by Crippen LogP contribution is 2.37. The van der Waals surface area contributed by atoms with Crippen LogP contribution in [0.5, 0.6) is 0 Å². The number of hydrogen-bond acceptors (Lipinski definition) is 2. The lowest BCUT2D eigenvalue weighted by atomic mass is 10.1. The molecule has 21 heavy (non-hydrogen) atoms. The first kappa shape index (κ1) is 16.1. The Morgan fingerprint density at radius 2 is 2.14 bits per heavy atom. The standard InChI is InChI=1S/C14H15F4NOS/c1-13(5-2-6-21-13)8-19-12(20)9-3-4-11(15)10(7-9)14(16,17)18/h3-4,7H,2,5-6,8H2,1H3,(H,19,20). The molecule has 1 N–H and O–H groups in total. The summed E-state index contributed by atoms with van der Waals surface area (Å²) in [6.45, 7) is 2.39. The number of carbonyl (C=O) groups is 1. The SMILES string of the molecule is CC1(CNC(=O)c2ccc(F)c(C(F)(F)F)c2)CCCS1. The number of halogens is 4. The fourth-order valence-corrected chi connectivity index (χ4v) is 3.47. The monoisotopic (exact) mass is 321 g/mol. The minimum Gasteiger partial charge on any atom is -0.351 e. The molecule has 2 nitrogen and oxygen atoms in total. The second kappa shape index (κ2) is 5.87. The number of hydrogen-bond donors (Lipinski definition) is 1. The Balaban J connectivity index is 2.09. The molecule has 1 aromatic rings. The van der Waals surface area contributed by atoms with Gasteiger partial charge < -0.3 is 5.32 Å². The molecule has 1 aliphatic rings. The van der Waals surface area contributed by atoms with Gasteiger partial charge in [-0.3, -0.25) is 4.79 Å². The molecule has 0 spiro atoms. The van der Waals surface area contributed by atoms with Crippen LogP contribution >= 0.6 is 11.8 Å². The van der Waals surface area contributed by atoms with Crippen LogP contribution in [0.15, 0.2) is 18.2 Å². The van der Waals surface area contributed by atoms with Gasteiger partial charge in [-0.25, -0.2) is 4.39 Å². The molecular weight excluding hydrogens is 306 g/mol. The number of rotatable bonds is 3. The van der Waals surface area contributed by atoms with Gasteiger partial charge in [0.15, 0.2) is 0 Å². The third-order valence-corrected chi connectivity index (χ3v) is 5.00. The van der Waals surface area contributed by atoms with Gasteiger partial charge in [0, 0.05) is 16.9 Å². The molecule has 1 unspecified atom stereocenters. The maximum absolute atomic E-state index is 13.2. The number of nitrogens with one attached hydrogen (secondary N) is 1. The van der Waals surface area contributed by atoms with Crippen molar-refractivity contribution >= 4 is 17.7 Å². The summed E-state index contributed by atoms with van der Waals surface area (Å²) in [6.07, 6.45) is -2.80. The predicted octanol–water partition coefficient (Wildman–Crippen LogP) is 3.86. The fourth-order valence-electron chi connectivity index (χ4n) is 2.23. The average Bonchev–Trinajstić information content (AvgIpc) is 2.83. The van der Waals surface area contributed by atoms with Crippen molar-refractivity contribution in [1.82, 2.24) is 5.32 Å². The van der Waals surface area contributed by atoms with Gasteiger partial charge in [-0.05, 0) is 43.7 Å². The molecule has 7 heteroatoms. The van der Waals surface area contributed by atoms with E-state index >= 15 is 0 Å². The molecular formula is C14H15F4NOS. The molecule has 1 heterocycles. The van der Waals surface area contributed by atoms with Gasteiger partial charge >= 0.3 is 6.18 Å². The van der Waals surface area contributed by atoms with E-state index in [-0.39, 0.29) is 10.3 Å². The van der Waals surface area contributed by atoms with Crippen molar-refractivity contribution in [2.45, 2.75) is 30.7 Å². The van der Waals surface area contributed by atoms with Gasteiger partial charge in [0.2, 0.25) is 0 Å². The maximum Gasteiger partial charge on any atom is 0.419 e. The van der Waals surface area contributed by atoms with Crippen LogP contribution < -0.4 is 5.32 Å².